The first-order valence-electron chi connectivity index (χ1n) is 9.72. The number of likely N-dealkylation sites (tertiary alicyclic amines) is 1. The van der Waals surface area contributed by atoms with Crippen molar-refractivity contribution in [3.05, 3.63) is 22.7 Å². The molecule has 6 nitrogen and oxygen atoms in total. The molecule has 0 N–H and O–H groups in total. The zero-order valence-electron chi connectivity index (χ0n) is 16.2. The van der Waals surface area contributed by atoms with Crippen molar-refractivity contribution < 1.29 is 19.0 Å². The maximum Gasteiger partial charge on any atom is 0.254 e. The van der Waals surface area contributed by atoms with Crippen LogP contribution in [-0.2, 0) is 4.74 Å². The predicted molar refractivity (Wildman–Crippen MR) is 105 cm³/mol. The fraction of sp³-hybridized carbons (Fsp3) is 0.650. The molecule has 1 aromatic carbocycles. The largest absolute Gasteiger partial charge is 0.493 e. The van der Waals surface area contributed by atoms with Gasteiger partial charge in [0.15, 0.2) is 11.5 Å². The Bertz CT molecular complexity index is 649. The fourth-order valence-electron chi connectivity index (χ4n) is 3.69. The van der Waals surface area contributed by atoms with E-state index in [1.54, 1.807) is 19.2 Å². The molecule has 2 aliphatic heterocycles. The molecule has 0 aromatic heterocycles. The number of rotatable bonds is 7. The van der Waals surface area contributed by atoms with Gasteiger partial charge in [-0.1, -0.05) is 18.5 Å². The lowest BCUT2D eigenvalue weighted by Gasteiger charge is -2.29. The molecule has 0 saturated carbocycles. The van der Waals surface area contributed by atoms with Crippen LogP contribution < -0.4 is 9.47 Å². The highest BCUT2D eigenvalue weighted by molar-refractivity contribution is 6.32. The standard InChI is InChI=1S/C20H29ClN2O4/c1-3-8-27-19-17(21)11-16(12-18(19)25-2)20(24)23-5-4-15(14-23)13-22-6-9-26-10-7-22/h11-12,15H,3-10,13-14H2,1-2H3. The molecule has 1 aromatic rings. The summed E-state index contributed by atoms with van der Waals surface area (Å²) in [6.45, 7) is 8.75. The van der Waals surface area contributed by atoms with Gasteiger partial charge < -0.3 is 19.1 Å². The van der Waals surface area contributed by atoms with Crippen LogP contribution in [-0.4, -0.2) is 75.4 Å². The second-order valence-corrected chi connectivity index (χ2v) is 7.56. The molecule has 2 heterocycles. The number of hydrogen-bond donors (Lipinski definition) is 0. The van der Waals surface area contributed by atoms with Gasteiger partial charge in [0.05, 0.1) is 32.0 Å². The van der Waals surface area contributed by atoms with Gasteiger partial charge in [0.2, 0.25) is 0 Å². The third-order valence-electron chi connectivity index (χ3n) is 5.12. The molecule has 0 radical (unpaired) electrons. The Labute approximate surface area is 166 Å². The van der Waals surface area contributed by atoms with E-state index in [0.29, 0.717) is 34.6 Å². The summed E-state index contributed by atoms with van der Waals surface area (Å²) in [6, 6.07) is 3.42. The summed E-state index contributed by atoms with van der Waals surface area (Å²) >= 11 is 6.36. The van der Waals surface area contributed by atoms with E-state index in [9.17, 15) is 4.79 Å². The topological polar surface area (TPSA) is 51.2 Å². The summed E-state index contributed by atoms with van der Waals surface area (Å²) in [4.78, 5) is 17.3. The van der Waals surface area contributed by atoms with Gasteiger partial charge in [-0.15, -0.1) is 0 Å². The number of nitrogens with zero attached hydrogens (tertiary/aromatic N) is 2. The smallest absolute Gasteiger partial charge is 0.254 e. The Kier molecular flexibility index (Phi) is 7.21. The first kappa shape index (κ1) is 20.2. The number of carbonyl (C=O) groups is 1. The molecule has 150 valence electrons. The molecule has 1 unspecified atom stereocenters. The van der Waals surface area contributed by atoms with Gasteiger partial charge in [-0.2, -0.15) is 0 Å². The summed E-state index contributed by atoms with van der Waals surface area (Å²) in [6.07, 6.45) is 1.91. The van der Waals surface area contributed by atoms with Crippen molar-refractivity contribution in [1.82, 2.24) is 9.80 Å². The summed E-state index contributed by atoms with van der Waals surface area (Å²) in [5.74, 6) is 1.52. The molecular formula is C20H29ClN2O4. The van der Waals surface area contributed by atoms with Crippen molar-refractivity contribution in [3.63, 3.8) is 0 Å². The molecule has 1 amide bonds. The predicted octanol–water partition coefficient (Wildman–Crippen LogP) is 2.93. The van der Waals surface area contributed by atoms with Gasteiger partial charge in [0, 0.05) is 38.3 Å². The lowest BCUT2D eigenvalue weighted by atomic mass is 10.1. The van der Waals surface area contributed by atoms with E-state index in [2.05, 4.69) is 4.90 Å². The minimum absolute atomic E-state index is 0.00159. The van der Waals surface area contributed by atoms with Crippen LogP contribution >= 0.6 is 11.6 Å². The number of hydrogen-bond acceptors (Lipinski definition) is 5. The van der Waals surface area contributed by atoms with Crippen LogP contribution in [0.2, 0.25) is 5.02 Å². The summed E-state index contributed by atoms with van der Waals surface area (Å²) < 4.78 is 16.5. The number of carbonyl (C=O) groups excluding carboxylic acids is 1. The van der Waals surface area contributed by atoms with Gasteiger partial charge in [-0.25, -0.2) is 0 Å². The molecule has 2 aliphatic rings. The van der Waals surface area contributed by atoms with Crippen molar-refractivity contribution >= 4 is 17.5 Å². The highest BCUT2D eigenvalue weighted by Crippen LogP contribution is 2.37. The van der Waals surface area contributed by atoms with Gasteiger partial charge in [0.25, 0.3) is 5.91 Å². The molecule has 2 saturated heterocycles. The molecule has 3 rings (SSSR count). The minimum atomic E-state index is 0.00159. The fourth-order valence-corrected chi connectivity index (χ4v) is 3.95. The number of ether oxygens (including phenoxy) is 3. The Morgan fingerprint density at radius 2 is 2.07 bits per heavy atom. The highest BCUT2D eigenvalue weighted by Gasteiger charge is 2.29. The van der Waals surface area contributed by atoms with Crippen LogP contribution in [0.5, 0.6) is 11.5 Å². The minimum Gasteiger partial charge on any atom is -0.493 e. The highest BCUT2D eigenvalue weighted by atomic mass is 35.5. The first-order valence-corrected chi connectivity index (χ1v) is 10.1. The van der Waals surface area contributed by atoms with E-state index in [1.165, 1.54) is 0 Å². The summed E-state index contributed by atoms with van der Waals surface area (Å²) in [5, 5.41) is 0.412. The monoisotopic (exact) mass is 396 g/mol. The number of halogens is 1. The molecule has 2 fully saturated rings. The molecule has 0 aliphatic carbocycles. The zero-order chi connectivity index (χ0) is 19.2. The Hall–Kier alpha value is -1.50. The van der Waals surface area contributed by atoms with Gasteiger partial charge in [-0.3, -0.25) is 9.69 Å². The lowest BCUT2D eigenvalue weighted by Crippen LogP contribution is -2.40. The normalized spacial score (nSPS) is 20.7. The summed E-state index contributed by atoms with van der Waals surface area (Å²) in [5.41, 5.74) is 0.549. The molecule has 27 heavy (non-hydrogen) atoms. The van der Waals surface area contributed by atoms with Crippen LogP contribution in [0, 0.1) is 5.92 Å². The maximum absolute atomic E-state index is 13.0. The Morgan fingerprint density at radius 1 is 1.30 bits per heavy atom. The SMILES string of the molecule is CCCOc1c(Cl)cc(C(=O)N2CCC(CN3CCOCC3)C2)cc1OC. The number of morpholine rings is 1. The average molecular weight is 397 g/mol. The van der Waals surface area contributed by atoms with Crippen molar-refractivity contribution in [3.8, 4) is 11.5 Å². The van der Waals surface area contributed by atoms with Gasteiger partial charge in [-0.05, 0) is 30.9 Å². The van der Waals surface area contributed by atoms with Crippen molar-refractivity contribution in [2.75, 3.05) is 59.7 Å². The number of methoxy groups -OCH3 is 1. The molecule has 1 atom stereocenters. The molecule has 7 heteroatoms. The van der Waals surface area contributed by atoms with Crippen molar-refractivity contribution in [1.29, 1.82) is 0 Å². The molecular weight excluding hydrogens is 368 g/mol. The van der Waals surface area contributed by atoms with E-state index in [-0.39, 0.29) is 5.91 Å². The van der Waals surface area contributed by atoms with Crippen LogP contribution in [0.4, 0.5) is 0 Å². The van der Waals surface area contributed by atoms with Crippen LogP contribution in [0.25, 0.3) is 0 Å². The zero-order valence-corrected chi connectivity index (χ0v) is 17.0. The Morgan fingerprint density at radius 3 is 2.78 bits per heavy atom. The quantitative estimate of drug-likeness (QED) is 0.709. The second-order valence-electron chi connectivity index (χ2n) is 7.16. The van der Waals surface area contributed by atoms with E-state index in [4.69, 9.17) is 25.8 Å². The van der Waals surface area contributed by atoms with E-state index in [1.807, 2.05) is 11.8 Å². The van der Waals surface area contributed by atoms with E-state index >= 15 is 0 Å². The maximum atomic E-state index is 13.0. The van der Waals surface area contributed by atoms with Crippen molar-refractivity contribution in [2.45, 2.75) is 19.8 Å². The summed E-state index contributed by atoms with van der Waals surface area (Å²) in [7, 11) is 1.56. The van der Waals surface area contributed by atoms with Crippen LogP contribution in [0.15, 0.2) is 12.1 Å². The average Bonchev–Trinajstić information content (AvgIpc) is 3.15. The molecule has 0 spiro atoms. The van der Waals surface area contributed by atoms with Crippen LogP contribution in [0.1, 0.15) is 30.1 Å². The first-order chi connectivity index (χ1) is 13.1. The van der Waals surface area contributed by atoms with E-state index in [0.717, 1.165) is 58.8 Å². The Balaban J connectivity index is 1.64. The lowest BCUT2D eigenvalue weighted by molar-refractivity contribution is 0.0310. The number of amides is 1. The number of benzene rings is 1. The van der Waals surface area contributed by atoms with Gasteiger partial charge >= 0.3 is 0 Å². The third-order valence-corrected chi connectivity index (χ3v) is 5.40. The second kappa shape index (κ2) is 9.62. The third kappa shape index (κ3) is 5.06. The van der Waals surface area contributed by atoms with Crippen LogP contribution in [0.3, 0.4) is 0 Å². The van der Waals surface area contributed by atoms with E-state index < -0.39 is 0 Å². The van der Waals surface area contributed by atoms with Crippen molar-refractivity contribution in [2.24, 2.45) is 5.92 Å². The molecule has 0 bridgehead atoms. The van der Waals surface area contributed by atoms with Gasteiger partial charge in [0.1, 0.15) is 0 Å².